The molecule has 1 aromatic heterocycles. The zero-order chi connectivity index (χ0) is 18.9. The first-order valence-corrected chi connectivity index (χ1v) is 10.6. The molecule has 3 aromatic rings. The number of rotatable bonds is 6. The van der Waals surface area contributed by atoms with E-state index in [1.807, 2.05) is 50.2 Å². The minimum absolute atomic E-state index is 0.0488. The molecule has 2 aromatic carbocycles. The van der Waals surface area contributed by atoms with Crippen molar-refractivity contribution in [3.8, 4) is 0 Å². The lowest BCUT2D eigenvalue weighted by Gasteiger charge is -2.14. The zero-order valence-electron chi connectivity index (χ0n) is 15.2. The second-order valence-corrected chi connectivity index (χ2v) is 9.09. The van der Waals surface area contributed by atoms with E-state index in [1.54, 1.807) is 19.1 Å². The highest BCUT2D eigenvalue weighted by atomic mass is 32.2. The molecule has 5 heteroatoms. The molecule has 1 N–H and O–H groups in total. The number of H-pyrrole nitrogens is 1. The zero-order valence-corrected chi connectivity index (χ0v) is 16.1. The van der Waals surface area contributed by atoms with Gasteiger partial charge in [-0.15, -0.1) is 0 Å². The van der Waals surface area contributed by atoms with E-state index in [-0.39, 0.29) is 23.2 Å². The smallest absolute Gasteiger partial charge is 0.195 e. The Hall–Kier alpha value is -2.40. The van der Waals surface area contributed by atoms with Crippen LogP contribution in [0.2, 0.25) is 0 Å². The molecular formula is C21H23NO3S. The van der Waals surface area contributed by atoms with Gasteiger partial charge in [-0.3, -0.25) is 4.79 Å². The summed E-state index contributed by atoms with van der Waals surface area (Å²) in [5, 5.41) is 0.831. The summed E-state index contributed by atoms with van der Waals surface area (Å²) >= 11 is 0. The maximum Gasteiger partial charge on any atom is 0.195 e. The highest BCUT2D eigenvalue weighted by Gasteiger charge is 2.23. The number of hydrogen-bond donors (Lipinski definition) is 1. The first-order valence-electron chi connectivity index (χ1n) is 8.75. The maximum absolute atomic E-state index is 13.1. The molecule has 4 nitrogen and oxygen atoms in total. The van der Waals surface area contributed by atoms with Crippen molar-refractivity contribution in [2.24, 2.45) is 0 Å². The van der Waals surface area contributed by atoms with Crippen molar-refractivity contribution in [2.45, 2.75) is 26.7 Å². The van der Waals surface area contributed by atoms with Gasteiger partial charge in [0.05, 0.1) is 11.3 Å². The fourth-order valence-electron chi connectivity index (χ4n) is 3.42. The lowest BCUT2D eigenvalue weighted by atomic mass is 9.93. The SMILES string of the molecule is CCS(=O)(=O)CC(C)c1cccc2[nH]c(C)c(C(=O)c3ccccc3)c12. The first-order chi connectivity index (χ1) is 12.3. The van der Waals surface area contributed by atoms with E-state index in [1.165, 1.54) is 0 Å². The fraction of sp³-hybridized carbons (Fsp3) is 0.286. The van der Waals surface area contributed by atoms with E-state index in [0.717, 1.165) is 22.2 Å². The summed E-state index contributed by atoms with van der Waals surface area (Å²) in [5.74, 6) is -0.0466. The van der Waals surface area contributed by atoms with E-state index >= 15 is 0 Å². The highest BCUT2D eigenvalue weighted by Crippen LogP contribution is 2.32. The van der Waals surface area contributed by atoms with Crippen LogP contribution in [-0.4, -0.2) is 30.7 Å². The van der Waals surface area contributed by atoms with Gasteiger partial charge in [0.15, 0.2) is 15.6 Å². The topological polar surface area (TPSA) is 67.0 Å². The molecule has 0 radical (unpaired) electrons. The minimum atomic E-state index is -3.11. The van der Waals surface area contributed by atoms with E-state index in [2.05, 4.69) is 4.98 Å². The van der Waals surface area contributed by atoms with Crippen molar-refractivity contribution in [1.82, 2.24) is 4.98 Å². The summed E-state index contributed by atoms with van der Waals surface area (Å²) in [6.07, 6.45) is 0. The van der Waals surface area contributed by atoms with Gasteiger partial charge in [-0.2, -0.15) is 0 Å². The molecule has 0 amide bonds. The molecule has 136 valence electrons. The molecule has 1 atom stereocenters. The monoisotopic (exact) mass is 369 g/mol. The summed E-state index contributed by atoms with van der Waals surface area (Å²) in [7, 11) is -3.11. The van der Waals surface area contributed by atoms with Crippen molar-refractivity contribution < 1.29 is 13.2 Å². The lowest BCUT2D eigenvalue weighted by Crippen LogP contribution is -2.15. The number of sulfone groups is 1. The Morgan fingerprint density at radius 2 is 1.77 bits per heavy atom. The van der Waals surface area contributed by atoms with Crippen molar-refractivity contribution in [1.29, 1.82) is 0 Å². The number of aromatic amines is 1. The molecule has 0 aliphatic rings. The number of benzene rings is 2. The van der Waals surface area contributed by atoms with Crippen LogP contribution < -0.4 is 0 Å². The third-order valence-electron chi connectivity index (χ3n) is 4.78. The van der Waals surface area contributed by atoms with Crippen LogP contribution in [0.5, 0.6) is 0 Å². The number of hydrogen-bond acceptors (Lipinski definition) is 3. The van der Waals surface area contributed by atoms with Gasteiger partial charge in [0.1, 0.15) is 0 Å². The third kappa shape index (κ3) is 3.44. The van der Waals surface area contributed by atoms with Crippen molar-refractivity contribution >= 4 is 26.5 Å². The predicted octanol–water partition coefficient (Wildman–Crippen LogP) is 4.25. The Morgan fingerprint density at radius 3 is 2.42 bits per heavy atom. The van der Waals surface area contributed by atoms with Crippen LogP contribution in [0.4, 0.5) is 0 Å². The third-order valence-corrected chi connectivity index (χ3v) is 6.67. The molecular weight excluding hydrogens is 346 g/mol. The Labute approximate surface area is 154 Å². The number of nitrogens with one attached hydrogen (secondary N) is 1. The normalized spacial score (nSPS) is 13.0. The Kier molecular flexibility index (Phi) is 5.01. The summed E-state index contributed by atoms with van der Waals surface area (Å²) in [6.45, 7) is 5.45. The summed E-state index contributed by atoms with van der Waals surface area (Å²) < 4.78 is 24.2. The van der Waals surface area contributed by atoms with Crippen LogP contribution in [0.15, 0.2) is 48.5 Å². The second kappa shape index (κ2) is 7.08. The average Bonchev–Trinajstić information content (AvgIpc) is 2.97. The number of carbonyl (C=O) groups excluding carboxylic acids is 1. The largest absolute Gasteiger partial charge is 0.358 e. The van der Waals surface area contributed by atoms with Gasteiger partial charge < -0.3 is 4.98 Å². The summed E-state index contributed by atoms with van der Waals surface area (Å²) in [4.78, 5) is 16.4. The van der Waals surface area contributed by atoms with Gasteiger partial charge in [-0.1, -0.05) is 56.3 Å². The standard InChI is InChI=1S/C21H23NO3S/c1-4-26(24,25)13-14(2)17-11-8-12-18-20(17)19(15(3)22-18)21(23)16-9-6-5-7-10-16/h5-12,14,22H,4,13H2,1-3H3. The van der Waals surface area contributed by atoms with Crippen LogP contribution in [0.25, 0.3) is 10.9 Å². The molecule has 0 saturated heterocycles. The molecule has 0 bridgehead atoms. The van der Waals surface area contributed by atoms with Crippen molar-refractivity contribution in [3.63, 3.8) is 0 Å². The van der Waals surface area contributed by atoms with Gasteiger partial charge in [0.2, 0.25) is 0 Å². The summed E-state index contributed by atoms with van der Waals surface area (Å²) in [6, 6.07) is 14.9. The van der Waals surface area contributed by atoms with Gasteiger partial charge in [-0.05, 0) is 24.5 Å². The molecule has 0 spiro atoms. The van der Waals surface area contributed by atoms with Crippen LogP contribution in [0.1, 0.15) is 46.9 Å². The van der Waals surface area contributed by atoms with Crippen LogP contribution in [0, 0.1) is 6.92 Å². The number of fused-ring (bicyclic) bond motifs is 1. The van der Waals surface area contributed by atoms with Gasteiger partial charge in [-0.25, -0.2) is 8.42 Å². The van der Waals surface area contributed by atoms with E-state index in [9.17, 15) is 13.2 Å². The van der Waals surface area contributed by atoms with E-state index in [0.29, 0.717) is 11.1 Å². The number of ketones is 1. The number of carbonyl (C=O) groups is 1. The molecule has 0 saturated carbocycles. The predicted molar refractivity (Wildman–Crippen MR) is 106 cm³/mol. The van der Waals surface area contributed by atoms with E-state index in [4.69, 9.17) is 0 Å². The van der Waals surface area contributed by atoms with Gasteiger partial charge in [0.25, 0.3) is 0 Å². The molecule has 26 heavy (non-hydrogen) atoms. The second-order valence-electron chi connectivity index (χ2n) is 6.69. The molecule has 0 fully saturated rings. The Bertz CT molecular complexity index is 1050. The van der Waals surface area contributed by atoms with Crippen molar-refractivity contribution in [3.05, 3.63) is 70.9 Å². The van der Waals surface area contributed by atoms with Crippen LogP contribution >= 0.6 is 0 Å². The van der Waals surface area contributed by atoms with E-state index < -0.39 is 9.84 Å². The molecule has 0 aliphatic carbocycles. The molecule has 1 heterocycles. The Morgan fingerprint density at radius 1 is 1.08 bits per heavy atom. The quantitative estimate of drug-likeness (QED) is 0.661. The molecule has 3 rings (SSSR count). The highest BCUT2D eigenvalue weighted by molar-refractivity contribution is 7.91. The fourth-order valence-corrected chi connectivity index (χ4v) is 4.60. The lowest BCUT2D eigenvalue weighted by molar-refractivity contribution is 0.103. The maximum atomic E-state index is 13.1. The summed E-state index contributed by atoms with van der Waals surface area (Å²) in [5.41, 5.74) is 3.80. The van der Waals surface area contributed by atoms with Gasteiger partial charge >= 0.3 is 0 Å². The van der Waals surface area contributed by atoms with Crippen LogP contribution in [0.3, 0.4) is 0 Å². The molecule has 0 aliphatic heterocycles. The number of aryl methyl sites for hydroxylation is 1. The van der Waals surface area contributed by atoms with Crippen molar-refractivity contribution in [2.75, 3.05) is 11.5 Å². The molecule has 1 unspecified atom stereocenters. The van der Waals surface area contributed by atoms with Crippen LogP contribution in [-0.2, 0) is 9.84 Å². The minimum Gasteiger partial charge on any atom is -0.358 e. The van der Waals surface area contributed by atoms with Gasteiger partial charge in [0, 0.05) is 27.9 Å². The first kappa shape index (κ1) is 18.4. The average molecular weight is 369 g/mol. The number of aromatic nitrogens is 1. The Balaban J connectivity index is 2.16.